The Morgan fingerprint density at radius 2 is 1.29 bits per heavy atom. The summed E-state index contributed by atoms with van der Waals surface area (Å²) in [6.07, 6.45) is 11.3. The molecule has 0 saturated heterocycles. The Morgan fingerprint density at radius 3 is 1.86 bits per heavy atom. The maximum atomic E-state index is 2.35. The third-order valence-electron chi connectivity index (χ3n) is 3.86. The Labute approximate surface area is 137 Å². The van der Waals surface area contributed by atoms with Crippen LogP contribution in [0.1, 0.15) is 77.7 Å². The van der Waals surface area contributed by atoms with Crippen LogP contribution in [-0.2, 0) is 0 Å². The van der Waals surface area contributed by atoms with E-state index in [9.17, 15) is 0 Å². The van der Waals surface area contributed by atoms with E-state index in [1.54, 1.807) is 0 Å². The molecule has 1 aromatic rings. The lowest BCUT2D eigenvalue weighted by atomic mass is 9.89. The highest BCUT2D eigenvalue weighted by Gasteiger charge is 2.08. The largest absolute Gasteiger partial charge is 0.126 e. The molecule has 0 spiro atoms. The number of hydrogen-bond acceptors (Lipinski definition) is 1. The highest BCUT2D eigenvalue weighted by atomic mass is 32.2. The molecular weight excluding hydrogens is 272 g/mol. The van der Waals surface area contributed by atoms with Gasteiger partial charge < -0.3 is 0 Å². The number of aryl methyl sites for hydroxylation is 1. The van der Waals surface area contributed by atoms with Crippen molar-refractivity contribution in [3.63, 3.8) is 0 Å². The summed E-state index contributed by atoms with van der Waals surface area (Å²) < 4.78 is 0. The fourth-order valence-electron chi connectivity index (χ4n) is 2.47. The summed E-state index contributed by atoms with van der Waals surface area (Å²) >= 11 is 2.00. The highest BCUT2D eigenvalue weighted by molar-refractivity contribution is 7.99. The molecule has 21 heavy (non-hydrogen) atoms. The predicted molar refractivity (Wildman–Crippen MR) is 98.3 cm³/mol. The second-order valence-corrected chi connectivity index (χ2v) is 8.62. The Kier molecular flexibility index (Phi) is 9.15. The van der Waals surface area contributed by atoms with E-state index in [0.717, 1.165) is 0 Å². The van der Waals surface area contributed by atoms with Crippen molar-refractivity contribution < 1.29 is 0 Å². The van der Waals surface area contributed by atoms with E-state index in [-0.39, 0.29) is 0 Å². The summed E-state index contributed by atoms with van der Waals surface area (Å²) in [6.45, 7) is 9.19. The van der Waals surface area contributed by atoms with Crippen LogP contribution in [0.5, 0.6) is 0 Å². The van der Waals surface area contributed by atoms with Gasteiger partial charge in [-0.25, -0.2) is 0 Å². The van der Waals surface area contributed by atoms with Crippen LogP contribution in [0.3, 0.4) is 0 Å². The van der Waals surface area contributed by atoms with Crippen molar-refractivity contribution in [2.75, 3.05) is 5.75 Å². The van der Waals surface area contributed by atoms with Gasteiger partial charge in [-0.2, -0.15) is 0 Å². The van der Waals surface area contributed by atoms with Gasteiger partial charge in [-0.3, -0.25) is 0 Å². The minimum atomic E-state index is 0.521. The van der Waals surface area contributed by atoms with Gasteiger partial charge in [0.15, 0.2) is 0 Å². The van der Waals surface area contributed by atoms with Crippen LogP contribution in [0, 0.1) is 12.3 Å². The molecule has 1 aromatic carbocycles. The molecule has 0 unspecified atom stereocenters. The Bertz CT molecular complexity index is 358. The van der Waals surface area contributed by atoms with Gasteiger partial charge in [-0.15, -0.1) is 11.8 Å². The second kappa shape index (κ2) is 10.3. The summed E-state index contributed by atoms with van der Waals surface area (Å²) in [5, 5.41) is 0. The molecule has 0 aliphatic carbocycles. The van der Waals surface area contributed by atoms with E-state index < -0.39 is 0 Å². The van der Waals surface area contributed by atoms with Crippen molar-refractivity contribution in [3.05, 3.63) is 29.8 Å². The quantitative estimate of drug-likeness (QED) is 0.324. The zero-order valence-corrected chi connectivity index (χ0v) is 15.4. The average molecular weight is 307 g/mol. The molecule has 0 nitrogen and oxygen atoms in total. The molecule has 0 radical (unpaired) electrons. The summed E-state index contributed by atoms with van der Waals surface area (Å²) in [7, 11) is 0. The second-order valence-electron chi connectivity index (χ2n) is 7.45. The van der Waals surface area contributed by atoms with Gasteiger partial charge in [0.2, 0.25) is 0 Å². The maximum absolute atomic E-state index is 2.35. The van der Waals surface area contributed by atoms with Crippen LogP contribution in [0.25, 0.3) is 0 Å². The predicted octanol–water partition coefficient (Wildman–Crippen LogP) is 7.25. The summed E-state index contributed by atoms with van der Waals surface area (Å²) in [5.74, 6) is 1.27. The molecule has 0 fully saturated rings. The number of thioether (sulfide) groups is 1. The third kappa shape index (κ3) is 10.9. The first-order valence-corrected chi connectivity index (χ1v) is 9.65. The Morgan fingerprint density at radius 1 is 0.762 bits per heavy atom. The van der Waals surface area contributed by atoms with Gasteiger partial charge >= 0.3 is 0 Å². The van der Waals surface area contributed by atoms with E-state index in [1.165, 1.54) is 67.6 Å². The molecule has 0 bridgehead atoms. The van der Waals surface area contributed by atoms with Crippen LogP contribution < -0.4 is 0 Å². The van der Waals surface area contributed by atoms with Crippen molar-refractivity contribution in [1.82, 2.24) is 0 Å². The molecule has 120 valence electrons. The van der Waals surface area contributed by atoms with Crippen molar-refractivity contribution in [2.24, 2.45) is 5.41 Å². The summed E-state index contributed by atoms with van der Waals surface area (Å²) in [5.41, 5.74) is 1.87. The van der Waals surface area contributed by atoms with Crippen molar-refractivity contribution >= 4 is 11.8 Å². The first kappa shape index (κ1) is 18.6. The first-order chi connectivity index (χ1) is 9.97. The molecule has 0 aromatic heterocycles. The average Bonchev–Trinajstić information content (AvgIpc) is 2.42. The molecule has 0 heterocycles. The van der Waals surface area contributed by atoms with E-state index in [2.05, 4.69) is 52.0 Å². The van der Waals surface area contributed by atoms with Gasteiger partial charge in [-0.05, 0) is 43.1 Å². The summed E-state index contributed by atoms with van der Waals surface area (Å²) in [6, 6.07) is 8.91. The molecule has 0 aliphatic heterocycles. The molecule has 1 heteroatoms. The van der Waals surface area contributed by atoms with Gasteiger partial charge in [0.05, 0.1) is 0 Å². The van der Waals surface area contributed by atoms with Crippen LogP contribution in [-0.4, -0.2) is 5.75 Å². The molecule has 0 amide bonds. The van der Waals surface area contributed by atoms with Gasteiger partial charge in [-0.1, -0.05) is 77.0 Å². The smallest absolute Gasteiger partial charge is 0.00721 e. The third-order valence-corrected chi connectivity index (χ3v) is 4.96. The fraction of sp³-hybridized carbons (Fsp3) is 0.700. The first-order valence-electron chi connectivity index (χ1n) is 8.67. The van der Waals surface area contributed by atoms with Crippen molar-refractivity contribution in [3.8, 4) is 0 Å². The standard InChI is InChI=1S/C20H34S/c1-18-12-14-19(15-13-18)21-17-11-9-7-5-6-8-10-16-20(2,3)4/h12-15H,5-11,16-17H2,1-4H3. The van der Waals surface area contributed by atoms with Crippen molar-refractivity contribution in [2.45, 2.75) is 84.0 Å². The van der Waals surface area contributed by atoms with Gasteiger partial charge in [0, 0.05) is 4.90 Å². The number of unbranched alkanes of at least 4 members (excludes halogenated alkanes) is 6. The van der Waals surface area contributed by atoms with E-state index in [1.807, 2.05) is 11.8 Å². The van der Waals surface area contributed by atoms with Gasteiger partial charge in [0.25, 0.3) is 0 Å². The number of hydrogen-bond donors (Lipinski definition) is 0. The molecule has 1 rings (SSSR count). The zero-order valence-electron chi connectivity index (χ0n) is 14.6. The molecule has 0 saturated carbocycles. The fourth-order valence-corrected chi connectivity index (χ4v) is 3.38. The minimum Gasteiger partial charge on any atom is -0.126 e. The van der Waals surface area contributed by atoms with E-state index in [4.69, 9.17) is 0 Å². The van der Waals surface area contributed by atoms with E-state index in [0.29, 0.717) is 5.41 Å². The topological polar surface area (TPSA) is 0 Å². The monoisotopic (exact) mass is 306 g/mol. The lowest BCUT2D eigenvalue weighted by Gasteiger charge is -2.17. The summed E-state index contributed by atoms with van der Waals surface area (Å²) in [4.78, 5) is 1.42. The lowest BCUT2D eigenvalue weighted by molar-refractivity contribution is 0.356. The lowest BCUT2D eigenvalue weighted by Crippen LogP contribution is -2.03. The molecule has 0 N–H and O–H groups in total. The van der Waals surface area contributed by atoms with Crippen LogP contribution in [0.2, 0.25) is 0 Å². The Balaban J connectivity index is 1.88. The molecular formula is C20H34S. The Hall–Kier alpha value is -0.430. The van der Waals surface area contributed by atoms with Crippen LogP contribution >= 0.6 is 11.8 Å². The number of benzene rings is 1. The molecule has 0 aliphatic rings. The highest BCUT2D eigenvalue weighted by Crippen LogP contribution is 2.23. The minimum absolute atomic E-state index is 0.521. The van der Waals surface area contributed by atoms with Crippen LogP contribution in [0.15, 0.2) is 29.2 Å². The zero-order chi connectivity index (χ0) is 15.6. The SMILES string of the molecule is Cc1ccc(SCCCCCCCCCC(C)(C)C)cc1. The van der Waals surface area contributed by atoms with E-state index >= 15 is 0 Å². The van der Waals surface area contributed by atoms with Crippen molar-refractivity contribution in [1.29, 1.82) is 0 Å². The van der Waals surface area contributed by atoms with Gasteiger partial charge in [0.1, 0.15) is 0 Å². The van der Waals surface area contributed by atoms with Crippen LogP contribution in [0.4, 0.5) is 0 Å². The number of rotatable bonds is 10. The normalized spacial score (nSPS) is 11.8. The molecule has 0 atom stereocenters. The maximum Gasteiger partial charge on any atom is 0.00721 e.